The molecule has 1 nitrogen and oxygen atoms in total. The lowest BCUT2D eigenvalue weighted by Crippen LogP contribution is -2.25. The minimum absolute atomic E-state index is 0.0249. The van der Waals surface area contributed by atoms with Gasteiger partial charge in [-0.1, -0.05) is 30.7 Å². The molecule has 0 fully saturated rings. The van der Waals surface area contributed by atoms with Crippen molar-refractivity contribution in [3.8, 4) is 0 Å². The molecule has 2 N–H and O–H groups in total. The van der Waals surface area contributed by atoms with Gasteiger partial charge in [-0.05, 0) is 48.4 Å². The number of hydrogen-bond donors (Lipinski definition) is 1. The van der Waals surface area contributed by atoms with Gasteiger partial charge in [0.25, 0.3) is 0 Å². The molecule has 0 aliphatic carbocycles. The molecule has 2 rings (SSSR count). The van der Waals surface area contributed by atoms with Crippen molar-refractivity contribution in [3.63, 3.8) is 0 Å². The van der Waals surface area contributed by atoms with Gasteiger partial charge in [-0.25, -0.2) is 4.39 Å². The summed E-state index contributed by atoms with van der Waals surface area (Å²) in [6.45, 7) is 2.04. The fraction of sp³-hybridized carbons (Fsp3) is 0.250. The van der Waals surface area contributed by atoms with Crippen molar-refractivity contribution in [1.82, 2.24) is 0 Å². The molecule has 0 radical (unpaired) electrons. The molecule has 2 atom stereocenters. The average molecular weight is 310 g/mol. The Morgan fingerprint density at radius 3 is 2.50 bits per heavy atom. The Hall–Kier alpha value is -1.03. The minimum Gasteiger partial charge on any atom is -0.326 e. The van der Waals surface area contributed by atoms with Crippen molar-refractivity contribution >= 4 is 23.4 Å². The van der Waals surface area contributed by atoms with Gasteiger partial charge in [-0.2, -0.15) is 0 Å². The first-order chi connectivity index (χ1) is 9.60. The summed E-state index contributed by atoms with van der Waals surface area (Å²) in [5.74, 6) is -0.229. The third-order valence-corrected chi connectivity index (χ3v) is 4.79. The second-order valence-electron chi connectivity index (χ2n) is 4.62. The Balaban J connectivity index is 2.26. The van der Waals surface area contributed by atoms with Crippen LogP contribution in [0.3, 0.4) is 0 Å². The Bertz CT molecular complexity index is 559. The van der Waals surface area contributed by atoms with Crippen molar-refractivity contribution in [2.24, 2.45) is 5.73 Å². The molecular weight excluding hydrogens is 293 g/mol. The molecule has 2 aromatic carbocycles. The lowest BCUT2D eigenvalue weighted by atomic mass is 10.0. The van der Waals surface area contributed by atoms with Crippen LogP contribution < -0.4 is 5.73 Å². The smallest absolute Gasteiger partial charge is 0.123 e. The molecule has 0 heterocycles. The van der Waals surface area contributed by atoms with Crippen LogP contribution in [0.15, 0.2) is 53.4 Å². The van der Waals surface area contributed by atoms with Crippen LogP contribution in [0.4, 0.5) is 4.39 Å². The standard InChI is InChI=1S/C16H17ClFNS/c1-2-15(19)16(11-4-3-5-13(18)10-11)20-14-8-6-12(17)7-9-14/h3-10,15-16H,2,19H2,1H3. The van der Waals surface area contributed by atoms with E-state index in [1.807, 2.05) is 37.3 Å². The van der Waals surface area contributed by atoms with Crippen molar-refractivity contribution in [2.45, 2.75) is 29.5 Å². The van der Waals surface area contributed by atoms with Gasteiger partial charge in [0.1, 0.15) is 5.82 Å². The average Bonchev–Trinajstić information content (AvgIpc) is 2.46. The maximum Gasteiger partial charge on any atom is 0.123 e. The van der Waals surface area contributed by atoms with Crippen LogP contribution in [0, 0.1) is 5.82 Å². The van der Waals surface area contributed by atoms with Crippen LogP contribution in [-0.4, -0.2) is 6.04 Å². The predicted octanol–water partition coefficient (Wildman–Crippen LogP) is 5.05. The highest BCUT2D eigenvalue weighted by molar-refractivity contribution is 7.99. The number of hydrogen-bond acceptors (Lipinski definition) is 2. The number of benzene rings is 2. The third kappa shape index (κ3) is 3.98. The van der Waals surface area contributed by atoms with Crippen LogP contribution in [0.2, 0.25) is 5.02 Å². The normalized spacial score (nSPS) is 14.0. The van der Waals surface area contributed by atoms with E-state index in [-0.39, 0.29) is 17.1 Å². The maximum absolute atomic E-state index is 13.4. The van der Waals surface area contributed by atoms with Crippen molar-refractivity contribution in [1.29, 1.82) is 0 Å². The van der Waals surface area contributed by atoms with Gasteiger partial charge in [0.05, 0.1) is 0 Å². The molecule has 0 bridgehead atoms. The Labute approximate surface area is 128 Å². The van der Waals surface area contributed by atoms with E-state index in [4.69, 9.17) is 17.3 Å². The Morgan fingerprint density at radius 2 is 1.90 bits per heavy atom. The largest absolute Gasteiger partial charge is 0.326 e. The van der Waals surface area contributed by atoms with Crippen LogP contribution in [0.1, 0.15) is 24.2 Å². The highest BCUT2D eigenvalue weighted by Crippen LogP contribution is 2.38. The minimum atomic E-state index is -0.229. The van der Waals surface area contributed by atoms with Gasteiger partial charge in [-0.15, -0.1) is 11.8 Å². The predicted molar refractivity (Wildman–Crippen MR) is 84.7 cm³/mol. The fourth-order valence-corrected chi connectivity index (χ4v) is 3.32. The molecule has 0 aromatic heterocycles. The summed E-state index contributed by atoms with van der Waals surface area (Å²) < 4.78 is 13.4. The van der Waals surface area contributed by atoms with Crippen LogP contribution >= 0.6 is 23.4 Å². The lowest BCUT2D eigenvalue weighted by molar-refractivity contribution is 0.610. The molecule has 2 aromatic rings. The summed E-state index contributed by atoms with van der Waals surface area (Å²) in [6.07, 6.45) is 0.835. The second kappa shape index (κ2) is 7.11. The fourth-order valence-electron chi connectivity index (χ4n) is 1.96. The number of halogens is 2. The number of nitrogens with two attached hydrogens (primary N) is 1. The molecule has 4 heteroatoms. The van der Waals surface area contributed by atoms with E-state index < -0.39 is 0 Å². The molecule has 0 aliphatic heterocycles. The molecule has 2 unspecified atom stereocenters. The van der Waals surface area contributed by atoms with Gasteiger partial charge in [0.2, 0.25) is 0 Å². The van der Waals surface area contributed by atoms with Gasteiger partial charge in [0, 0.05) is 21.2 Å². The first kappa shape index (κ1) is 15.4. The first-order valence-corrected chi connectivity index (χ1v) is 7.79. The van der Waals surface area contributed by atoms with Crippen LogP contribution in [-0.2, 0) is 0 Å². The Morgan fingerprint density at radius 1 is 1.20 bits per heavy atom. The van der Waals surface area contributed by atoms with Crippen LogP contribution in [0.25, 0.3) is 0 Å². The molecule has 0 saturated carbocycles. The zero-order chi connectivity index (χ0) is 14.5. The van der Waals surface area contributed by atoms with Gasteiger partial charge in [-0.3, -0.25) is 0 Å². The van der Waals surface area contributed by atoms with E-state index in [2.05, 4.69) is 0 Å². The quantitative estimate of drug-likeness (QED) is 0.782. The summed E-state index contributed by atoms with van der Waals surface area (Å²) in [7, 11) is 0. The van der Waals surface area contributed by atoms with Gasteiger partial charge >= 0.3 is 0 Å². The molecule has 0 aliphatic rings. The summed E-state index contributed by atoms with van der Waals surface area (Å²) in [4.78, 5) is 1.08. The van der Waals surface area contributed by atoms with E-state index in [1.165, 1.54) is 6.07 Å². The third-order valence-electron chi connectivity index (χ3n) is 3.11. The zero-order valence-electron chi connectivity index (χ0n) is 11.2. The molecule has 0 spiro atoms. The van der Waals surface area contributed by atoms with Crippen molar-refractivity contribution in [3.05, 3.63) is 64.9 Å². The second-order valence-corrected chi connectivity index (χ2v) is 6.27. The monoisotopic (exact) mass is 309 g/mol. The van der Waals surface area contributed by atoms with Gasteiger partial charge < -0.3 is 5.73 Å². The van der Waals surface area contributed by atoms with Crippen molar-refractivity contribution < 1.29 is 4.39 Å². The zero-order valence-corrected chi connectivity index (χ0v) is 12.8. The lowest BCUT2D eigenvalue weighted by Gasteiger charge is -2.23. The molecule has 20 heavy (non-hydrogen) atoms. The topological polar surface area (TPSA) is 26.0 Å². The van der Waals surface area contributed by atoms with E-state index >= 15 is 0 Å². The van der Waals surface area contributed by atoms with E-state index in [1.54, 1.807) is 23.9 Å². The summed E-state index contributed by atoms with van der Waals surface area (Å²) in [6, 6.07) is 14.2. The van der Waals surface area contributed by atoms with E-state index in [9.17, 15) is 4.39 Å². The van der Waals surface area contributed by atoms with E-state index in [0.29, 0.717) is 5.02 Å². The number of rotatable bonds is 5. The highest BCUT2D eigenvalue weighted by atomic mass is 35.5. The first-order valence-electron chi connectivity index (χ1n) is 6.53. The number of thioether (sulfide) groups is 1. The highest BCUT2D eigenvalue weighted by Gasteiger charge is 2.20. The molecule has 106 valence electrons. The molecule has 0 amide bonds. The van der Waals surface area contributed by atoms with Crippen LogP contribution in [0.5, 0.6) is 0 Å². The molecular formula is C16H17ClFNS. The maximum atomic E-state index is 13.4. The summed E-state index contributed by atoms with van der Waals surface area (Å²) >= 11 is 7.53. The van der Waals surface area contributed by atoms with Gasteiger partial charge in [0.15, 0.2) is 0 Å². The summed E-state index contributed by atoms with van der Waals surface area (Å²) in [5.41, 5.74) is 7.12. The molecule has 0 saturated heterocycles. The van der Waals surface area contributed by atoms with E-state index in [0.717, 1.165) is 16.9 Å². The summed E-state index contributed by atoms with van der Waals surface area (Å²) in [5, 5.41) is 0.730. The SMILES string of the molecule is CCC(N)C(Sc1ccc(Cl)cc1)c1cccc(F)c1. The Kier molecular flexibility index (Phi) is 5.46. The van der Waals surface area contributed by atoms with Crippen molar-refractivity contribution in [2.75, 3.05) is 0 Å².